The fourth-order valence-corrected chi connectivity index (χ4v) is 8.65. The normalized spacial score (nSPS) is 11.9. The van der Waals surface area contributed by atoms with Gasteiger partial charge in [-0.15, -0.1) is 11.3 Å². The molecule has 238 valence electrons. The number of hydrogen-bond donors (Lipinski definition) is 0. The predicted molar refractivity (Wildman–Crippen MR) is 209 cm³/mol. The Balaban J connectivity index is 1.12. The highest BCUT2D eigenvalue weighted by Crippen LogP contribution is 2.43. The molecule has 0 aliphatic rings. The van der Waals surface area contributed by atoms with Crippen LogP contribution in [0.3, 0.4) is 0 Å². The molecule has 0 atom stereocenters. The number of furan rings is 2. The monoisotopic (exact) mass is 671 g/mol. The number of hydrogen-bond acceptors (Lipinski definition) is 6. The maximum absolute atomic E-state index is 6.59. The molecule has 5 nitrogen and oxygen atoms in total. The summed E-state index contributed by atoms with van der Waals surface area (Å²) in [5.41, 5.74) is 8.09. The number of rotatable bonds is 4. The van der Waals surface area contributed by atoms with Crippen LogP contribution in [0.4, 0.5) is 0 Å². The van der Waals surface area contributed by atoms with Gasteiger partial charge in [-0.05, 0) is 47.5 Å². The first-order valence-electron chi connectivity index (χ1n) is 16.9. The van der Waals surface area contributed by atoms with E-state index in [4.69, 9.17) is 23.8 Å². The predicted octanol–water partition coefficient (Wildman–Crippen LogP) is 12.7. The Morgan fingerprint density at radius 2 is 1.06 bits per heavy atom. The third-order valence-corrected chi connectivity index (χ3v) is 11.0. The average Bonchev–Trinajstić information content (AvgIpc) is 3.89. The Labute approximate surface area is 295 Å². The third-order valence-electron chi connectivity index (χ3n) is 9.77. The van der Waals surface area contributed by atoms with Gasteiger partial charge < -0.3 is 8.83 Å². The molecule has 0 aliphatic heterocycles. The molecule has 0 amide bonds. The Kier molecular flexibility index (Phi) is 6.05. The van der Waals surface area contributed by atoms with E-state index in [0.717, 1.165) is 66.1 Å². The van der Waals surface area contributed by atoms with Crippen molar-refractivity contribution < 1.29 is 8.83 Å². The summed E-state index contributed by atoms with van der Waals surface area (Å²) in [6.45, 7) is 0. The minimum absolute atomic E-state index is 0.548. The van der Waals surface area contributed by atoms with E-state index in [2.05, 4.69) is 78.9 Å². The highest BCUT2D eigenvalue weighted by molar-refractivity contribution is 7.26. The molecule has 0 bridgehead atoms. The van der Waals surface area contributed by atoms with Gasteiger partial charge in [0.15, 0.2) is 17.5 Å². The molecule has 0 radical (unpaired) electrons. The Hall–Kier alpha value is -6.63. The van der Waals surface area contributed by atoms with E-state index in [0.29, 0.717) is 17.5 Å². The van der Waals surface area contributed by atoms with Gasteiger partial charge in [0.05, 0.1) is 5.56 Å². The summed E-state index contributed by atoms with van der Waals surface area (Å²) in [7, 11) is 0. The van der Waals surface area contributed by atoms with Crippen LogP contribution in [0.15, 0.2) is 160 Å². The van der Waals surface area contributed by atoms with Crippen molar-refractivity contribution in [1.29, 1.82) is 0 Å². The average molecular weight is 672 g/mol. The summed E-state index contributed by atoms with van der Waals surface area (Å²) in [4.78, 5) is 15.3. The summed E-state index contributed by atoms with van der Waals surface area (Å²) < 4.78 is 15.6. The van der Waals surface area contributed by atoms with Crippen LogP contribution >= 0.6 is 11.3 Å². The molecule has 0 spiro atoms. The first-order chi connectivity index (χ1) is 25.3. The maximum atomic E-state index is 6.59. The molecular weight excluding hydrogens is 647 g/mol. The standard InChI is InChI=1S/C45H25N3O2S/c1-2-11-26(12-3-1)43-46-44(48-45(47-43)35-19-9-16-31-29-13-4-6-20-36(29)50-41(31)35)34-18-10-21-37-40(34)33-24-23-27(25-38(33)49-37)28-15-8-17-32-30-14-5-7-22-39(30)51-42(28)32/h1-25H. The van der Waals surface area contributed by atoms with Crippen LogP contribution in [0.25, 0.3) is 109 Å². The molecule has 6 heteroatoms. The number of fused-ring (bicyclic) bond motifs is 9. The molecule has 4 heterocycles. The minimum Gasteiger partial charge on any atom is -0.456 e. The minimum atomic E-state index is 0.548. The van der Waals surface area contributed by atoms with E-state index < -0.39 is 0 Å². The van der Waals surface area contributed by atoms with E-state index in [-0.39, 0.29) is 0 Å². The topological polar surface area (TPSA) is 65.0 Å². The van der Waals surface area contributed by atoms with E-state index in [9.17, 15) is 0 Å². The summed E-state index contributed by atoms with van der Waals surface area (Å²) in [5, 5.41) is 6.63. The molecule has 11 aromatic rings. The lowest BCUT2D eigenvalue weighted by Crippen LogP contribution is -2.00. The number of nitrogens with zero attached hydrogens (tertiary/aromatic N) is 3. The lowest BCUT2D eigenvalue weighted by molar-refractivity contribution is 0.668. The van der Waals surface area contributed by atoms with Gasteiger partial charge in [-0.25, -0.2) is 15.0 Å². The van der Waals surface area contributed by atoms with Crippen molar-refractivity contribution in [2.45, 2.75) is 0 Å². The van der Waals surface area contributed by atoms with Crippen molar-refractivity contribution in [1.82, 2.24) is 15.0 Å². The van der Waals surface area contributed by atoms with Crippen LogP contribution in [0, 0.1) is 0 Å². The lowest BCUT2D eigenvalue weighted by atomic mass is 10.00. The molecule has 0 saturated carbocycles. The van der Waals surface area contributed by atoms with Crippen LogP contribution in [0.2, 0.25) is 0 Å². The van der Waals surface area contributed by atoms with E-state index in [1.54, 1.807) is 0 Å². The van der Waals surface area contributed by atoms with Gasteiger partial charge in [-0.1, -0.05) is 115 Å². The fourth-order valence-electron chi connectivity index (χ4n) is 7.41. The highest BCUT2D eigenvalue weighted by Gasteiger charge is 2.21. The number of para-hydroxylation sites is 2. The first kappa shape index (κ1) is 28.2. The molecule has 51 heavy (non-hydrogen) atoms. The number of thiophene rings is 1. The van der Waals surface area contributed by atoms with E-state index in [1.165, 1.54) is 25.7 Å². The van der Waals surface area contributed by atoms with Gasteiger partial charge in [-0.2, -0.15) is 0 Å². The second-order valence-electron chi connectivity index (χ2n) is 12.7. The maximum Gasteiger partial charge on any atom is 0.167 e. The first-order valence-corrected chi connectivity index (χ1v) is 17.7. The molecule has 4 aromatic heterocycles. The molecule has 11 rings (SSSR count). The summed E-state index contributed by atoms with van der Waals surface area (Å²) >= 11 is 1.83. The van der Waals surface area contributed by atoms with Crippen LogP contribution < -0.4 is 0 Å². The molecule has 0 aliphatic carbocycles. The van der Waals surface area contributed by atoms with Gasteiger partial charge in [0.25, 0.3) is 0 Å². The molecule has 0 unspecified atom stereocenters. The fraction of sp³-hybridized carbons (Fsp3) is 0. The largest absolute Gasteiger partial charge is 0.456 e. The molecule has 7 aromatic carbocycles. The van der Waals surface area contributed by atoms with Gasteiger partial charge >= 0.3 is 0 Å². The van der Waals surface area contributed by atoms with Crippen LogP contribution in [-0.2, 0) is 0 Å². The summed E-state index contributed by atoms with van der Waals surface area (Å²) in [5.74, 6) is 1.71. The van der Waals surface area contributed by atoms with Gasteiger partial charge in [0.2, 0.25) is 0 Å². The van der Waals surface area contributed by atoms with Crippen molar-refractivity contribution >= 4 is 75.4 Å². The Bertz CT molecular complexity index is 3160. The van der Waals surface area contributed by atoms with E-state index in [1.807, 2.05) is 84.1 Å². The number of benzene rings is 7. The lowest BCUT2D eigenvalue weighted by Gasteiger charge is -2.09. The smallest absolute Gasteiger partial charge is 0.167 e. The zero-order chi connectivity index (χ0) is 33.5. The van der Waals surface area contributed by atoms with Gasteiger partial charge in [0.1, 0.15) is 22.3 Å². The molecular formula is C45H25N3O2S. The van der Waals surface area contributed by atoms with Gasteiger partial charge in [0, 0.05) is 52.8 Å². The second kappa shape index (κ2) is 10.9. The number of aromatic nitrogens is 3. The van der Waals surface area contributed by atoms with Crippen molar-refractivity contribution in [2.75, 3.05) is 0 Å². The molecule has 0 N–H and O–H groups in total. The molecule has 0 fully saturated rings. The van der Waals surface area contributed by atoms with Crippen molar-refractivity contribution in [3.05, 3.63) is 152 Å². The SMILES string of the molecule is c1ccc(-c2nc(-c3cccc4c3oc3ccccc34)nc(-c3cccc4oc5cc(-c6cccc7c6sc6ccccc67)ccc5c34)n2)cc1. The van der Waals surface area contributed by atoms with Gasteiger partial charge in [-0.3, -0.25) is 0 Å². The van der Waals surface area contributed by atoms with Crippen molar-refractivity contribution in [2.24, 2.45) is 0 Å². The van der Waals surface area contributed by atoms with Crippen LogP contribution in [0.1, 0.15) is 0 Å². The summed E-state index contributed by atoms with van der Waals surface area (Å²) in [6.07, 6.45) is 0. The Morgan fingerprint density at radius 3 is 1.96 bits per heavy atom. The Morgan fingerprint density at radius 1 is 0.392 bits per heavy atom. The zero-order valence-electron chi connectivity index (χ0n) is 27.0. The molecule has 0 saturated heterocycles. The van der Waals surface area contributed by atoms with E-state index >= 15 is 0 Å². The quantitative estimate of drug-likeness (QED) is 0.186. The van der Waals surface area contributed by atoms with Crippen molar-refractivity contribution in [3.8, 4) is 45.3 Å². The highest BCUT2D eigenvalue weighted by atomic mass is 32.1. The summed E-state index contributed by atoms with van der Waals surface area (Å²) in [6, 6.07) is 52.1. The van der Waals surface area contributed by atoms with Crippen molar-refractivity contribution in [3.63, 3.8) is 0 Å². The third kappa shape index (κ3) is 4.37. The zero-order valence-corrected chi connectivity index (χ0v) is 27.8. The van der Waals surface area contributed by atoms with Crippen LogP contribution in [0.5, 0.6) is 0 Å². The van der Waals surface area contributed by atoms with Crippen LogP contribution in [-0.4, -0.2) is 15.0 Å². The second-order valence-corrected chi connectivity index (χ2v) is 13.8.